The van der Waals surface area contributed by atoms with Crippen LogP contribution in [0.15, 0.2) is 6.07 Å². The molecule has 2 aromatic heterocycles. The second-order valence-electron chi connectivity index (χ2n) is 5.01. The smallest absolute Gasteiger partial charge is 0.223 e. The number of aromatic nitrogens is 2. The molecule has 4 N–H and O–H groups in total. The number of aliphatic hydroxyl groups excluding tert-OH is 1. The Kier molecular flexibility index (Phi) is 4.21. The molecular formula is C13H20N4OS. The van der Waals surface area contributed by atoms with Crippen LogP contribution in [-0.2, 0) is 0 Å². The van der Waals surface area contributed by atoms with Gasteiger partial charge in [0.2, 0.25) is 5.95 Å². The molecule has 2 heterocycles. The molecule has 2 aromatic rings. The number of anilines is 2. The van der Waals surface area contributed by atoms with Crippen LogP contribution in [-0.4, -0.2) is 27.7 Å². The molecule has 5 nitrogen and oxygen atoms in total. The van der Waals surface area contributed by atoms with Crippen molar-refractivity contribution in [2.24, 2.45) is 5.92 Å². The molecule has 0 fully saturated rings. The van der Waals surface area contributed by atoms with Gasteiger partial charge in [-0.2, -0.15) is 4.98 Å². The van der Waals surface area contributed by atoms with E-state index in [9.17, 15) is 0 Å². The molecule has 0 bridgehead atoms. The minimum Gasteiger partial charge on any atom is -0.396 e. The van der Waals surface area contributed by atoms with E-state index in [1.165, 1.54) is 4.88 Å². The fourth-order valence-electron chi connectivity index (χ4n) is 2.06. The normalized spacial score (nSPS) is 13.1. The Morgan fingerprint density at radius 3 is 2.79 bits per heavy atom. The third-order valence-electron chi connectivity index (χ3n) is 3.10. The first-order chi connectivity index (χ1) is 9.01. The predicted molar refractivity (Wildman–Crippen MR) is 80.5 cm³/mol. The van der Waals surface area contributed by atoms with E-state index in [1.54, 1.807) is 11.3 Å². The first-order valence-corrected chi connectivity index (χ1v) is 7.24. The minimum atomic E-state index is 0.155. The summed E-state index contributed by atoms with van der Waals surface area (Å²) >= 11 is 1.61. The van der Waals surface area contributed by atoms with E-state index in [0.29, 0.717) is 12.3 Å². The van der Waals surface area contributed by atoms with E-state index in [2.05, 4.69) is 35.2 Å². The van der Waals surface area contributed by atoms with Gasteiger partial charge in [-0.3, -0.25) is 0 Å². The van der Waals surface area contributed by atoms with Crippen LogP contribution < -0.4 is 11.1 Å². The zero-order valence-corrected chi connectivity index (χ0v) is 12.3. The molecule has 0 aromatic carbocycles. The molecule has 104 valence electrons. The monoisotopic (exact) mass is 280 g/mol. The lowest BCUT2D eigenvalue weighted by molar-refractivity contribution is 0.267. The van der Waals surface area contributed by atoms with E-state index in [0.717, 1.165) is 16.0 Å². The summed E-state index contributed by atoms with van der Waals surface area (Å²) in [6, 6.07) is 2.24. The number of hydrogen-bond acceptors (Lipinski definition) is 6. The molecule has 19 heavy (non-hydrogen) atoms. The number of aliphatic hydroxyl groups is 1. The number of hydrogen-bond donors (Lipinski definition) is 3. The van der Waals surface area contributed by atoms with Crippen molar-refractivity contribution in [3.63, 3.8) is 0 Å². The van der Waals surface area contributed by atoms with Gasteiger partial charge in [0, 0.05) is 17.5 Å². The van der Waals surface area contributed by atoms with Crippen molar-refractivity contribution in [3.05, 3.63) is 10.9 Å². The summed E-state index contributed by atoms with van der Waals surface area (Å²) in [5, 5.41) is 13.5. The van der Waals surface area contributed by atoms with Crippen LogP contribution in [0.4, 0.5) is 11.8 Å². The number of nitrogens with zero attached hydrogens (tertiary/aromatic N) is 2. The highest BCUT2D eigenvalue weighted by Crippen LogP contribution is 2.30. The van der Waals surface area contributed by atoms with E-state index >= 15 is 0 Å². The second-order valence-corrected chi connectivity index (χ2v) is 6.25. The van der Waals surface area contributed by atoms with Gasteiger partial charge in [0.1, 0.15) is 10.6 Å². The van der Waals surface area contributed by atoms with Gasteiger partial charge in [-0.25, -0.2) is 4.98 Å². The number of nitrogens with one attached hydrogen (secondary N) is 1. The minimum absolute atomic E-state index is 0.155. The van der Waals surface area contributed by atoms with Crippen LogP contribution in [0.25, 0.3) is 10.2 Å². The summed E-state index contributed by atoms with van der Waals surface area (Å²) < 4.78 is 0. The standard InChI is InChI=1S/C13H20N4OS/c1-7(2)10(4-5-18)15-11-9-6-8(3)19-12(9)17-13(14)16-11/h6-7,10,18H,4-5H2,1-3H3,(H3,14,15,16,17). The van der Waals surface area contributed by atoms with Crippen LogP contribution in [0.1, 0.15) is 25.1 Å². The average molecular weight is 280 g/mol. The largest absolute Gasteiger partial charge is 0.396 e. The van der Waals surface area contributed by atoms with Crippen LogP contribution in [0, 0.1) is 12.8 Å². The third-order valence-corrected chi connectivity index (χ3v) is 4.04. The average Bonchev–Trinajstić information content (AvgIpc) is 2.68. The Morgan fingerprint density at radius 2 is 2.16 bits per heavy atom. The van der Waals surface area contributed by atoms with Gasteiger partial charge in [0.25, 0.3) is 0 Å². The highest BCUT2D eigenvalue weighted by Gasteiger charge is 2.16. The van der Waals surface area contributed by atoms with Crippen LogP contribution in [0.2, 0.25) is 0 Å². The number of nitrogens with two attached hydrogens (primary N) is 1. The Hall–Kier alpha value is -1.40. The predicted octanol–water partition coefficient (Wildman–Crippen LogP) is 2.40. The zero-order chi connectivity index (χ0) is 14.0. The van der Waals surface area contributed by atoms with Gasteiger partial charge in [0.05, 0.1) is 5.39 Å². The maximum absolute atomic E-state index is 9.14. The fraction of sp³-hybridized carbons (Fsp3) is 0.538. The van der Waals surface area contributed by atoms with E-state index < -0.39 is 0 Å². The third kappa shape index (κ3) is 3.13. The lowest BCUT2D eigenvalue weighted by Gasteiger charge is -2.22. The molecule has 2 rings (SSSR count). The van der Waals surface area contributed by atoms with Crippen LogP contribution in [0.5, 0.6) is 0 Å². The van der Waals surface area contributed by atoms with E-state index in [1.807, 2.05) is 6.92 Å². The molecule has 0 aliphatic rings. The lowest BCUT2D eigenvalue weighted by Crippen LogP contribution is -2.27. The van der Waals surface area contributed by atoms with Crippen molar-refractivity contribution in [1.82, 2.24) is 9.97 Å². The Balaban J connectivity index is 2.37. The molecular weight excluding hydrogens is 260 g/mol. The second kappa shape index (κ2) is 5.71. The van der Waals surface area contributed by atoms with Crippen molar-refractivity contribution in [2.45, 2.75) is 33.2 Å². The maximum atomic E-state index is 9.14. The van der Waals surface area contributed by atoms with Crippen LogP contribution >= 0.6 is 11.3 Å². The quantitative estimate of drug-likeness (QED) is 0.783. The number of thiophene rings is 1. The summed E-state index contributed by atoms with van der Waals surface area (Å²) in [5.41, 5.74) is 5.75. The summed E-state index contributed by atoms with van der Waals surface area (Å²) in [6.45, 7) is 6.43. The summed E-state index contributed by atoms with van der Waals surface area (Å²) in [7, 11) is 0. The summed E-state index contributed by atoms with van der Waals surface area (Å²) in [6.07, 6.45) is 0.687. The van der Waals surface area contributed by atoms with Crippen molar-refractivity contribution in [2.75, 3.05) is 17.7 Å². The van der Waals surface area contributed by atoms with Gasteiger partial charge < -0.3 is 16.2 Å². The summed E-state index contributed by atoms with van der Waals surface area (Å²) in [4.78, 5) is 10.6. The van der Waals surface area contributed by atoms with Crippen molar-refractivity contribution in [3.8, 4) is 0 Å². The molecule has 1 atom stereocenters. The first-order valence-electron chi connectivity index (χ1n) is 6.42. The van der Waals surface area contributed by atoms with Gasteiger partial charge >= 0.3 is 0 Å². The Bertz CT molecular complexity index is 567. The van der Waals surface area contributed by atoms with Crippen LogP contribution in [0.3, 0.4) is 0 Å². The molecule has 0 saturated heterocycles. The van der Waals surface area contributed by atoms with Gasteiger partial charge in [0.15, 0.2) is 0 Å². The molecule has 0 spiro atoms. The molecule has 1 unspecified atom stereocenters. The number of aryl methyl sites for hydroxylation is 1. The highest BCUT2D eigenvalue weighted by molar-refractivity contribution is 7.18. The Labute approximate surface area is 116 Å². The molecule has 0 amide bonds. The Morgan fingerprint density at radius 1 is 1.42 bits per heavy atom. The number of rotatable bonds is 5. The molecule has 0 aliphatic carbocycles. The first kappa shape index (κ1) is 14.0. The number of nitrogen functional groups attached to an aromatic ring is 1. The topological polar surface area (TPSA) is 84.1 Å². The van der Waals surface area contributed by atoms with E-state index in [4.69, 9.17) is 10.8 Å². The van der Waals surface area contributed by atoms with Gasteiger partial charge in [-0.15, -0.1) is 11.3 Å². The van der Waals surface area contributed by atoms with Crippen molar-refractivity contribution in [1.29, 1.82) is 0 Å². The van der Waals surface area contributed by atoms with Gasteiger partial charge in [-0.1, -0.05) is 13.8 Å². The fourth-order valence-corrected chi connectivity index (χ4v) is 2.94. The zero-order valence-electron chi connectivity index (χ0n) is 11.5. The van der Waals surface area contributed by atoms with Crippen molar-refractivity contribution >= 4 is 33.3 Å². The lowest BCUT2D eigenvalue weighted by atomic mass is 10.0. The highest BCUT2D eigenvalue weighted by atomic mass is 32.1. The molecule has 0 radical (unpaired) electrons. The molecule has 0 aliphatic heterocycles. The molecule has 0 saturated carbocycles. The van der Waals surface area contributed by atoms with E-state index in [-0.39, 0.29) is 18.6 Å². The maximum Gasteiger partial charge on any atom is 0.223 e. The van der Waals surface area contributed by atoms with Crippen molar-refractivity contribution < 1.29 is 5.11 Å². The molecule has 6 heteroatoms. The summed E-state index contributed by atoms with van der Waals surface area (Å²) in [5.74, 6) is 1.44. The van der Waals surface area contributed by atoms with Gasteiger partial charge in [-0.05, 0) is 25.3 Å². The number of fused-ring (bicyclic) bond motifs is 1. The SMILES string of the molecule is Cc1cc2c(NC(CCO)C(C)C)nc(N)nc2s1.